The molecular formula is C51H36N6S. The summed E-state index contributed by atoms with van der Waals surface area (Å²) in [4.78, 5) is 20.3. The minimum Gasteiger partial charge on any atom is -0.313 e. The van der Waals surface area contributed by atoms with Crippen molar-refractivity contribution in [2.45, 2.75) is 35.5 Å². The van der Waals surface area contributed by atoms with Gasteiger partial charge in [0.2, 0.25) is 11.9 Å². The lowest BCUT2D eigenvalue weighted by atomic mass is 9.95. The Morgan fingerprint density at radius 3 is 1.88 bits per heavy atom. The number of para-hydroxylation sites is 4. The van der Waals surface area contributed by atoms with Gasteiger partial charge < -0.3 is 4.57 Å². The predicted octanol–water partition coefficient (Wildman–Crippen LogP) is 13.1. The van der Waals surface area contributed by atoms with E-state index in [0.717, 1.165) is 61.4 Å². The van der Waals surface area contributed by atoms with Gasteiger partial charge in [0.15, 0.2) is 5.82 Å². The van der Waals surface area contributed by atoms with E-state index in [4.69, 9.17) is 15.0 Å². The standard InChI is InChI=1S/C51H36N6S/c1-3-15-33(16-4-1)49-52-50(56-42-23-11-8-19-37(42)38-20-9-12-24-43(38)56)54-51(53-49)57-44-25-13-14-26-47(44)58-48-32-35(28-30-45(48)57)34-27-29-40-39-21-7-10-22-41(39)55(46(40)31-34)36-17-5-2-6-18-36/h1-6,8-9,11-20,23-32H,7,10,21-22H2. The first-order chi connectivity index (χ1) is 28.8. The summed E-state index contributed by atoms with van der Waals surface area (Å²) in [5, 5.41) is 3.69. The van der Waals surface area contributed by atoms with Crippen LogP contribution in [-0.4, -0.2) is 24.1 Å². The number of hydrogen-bond acceptors (Lipinski definition) is 5. The Morgan fingerprint density at radius 1 is 0.431 bits per heavy atom. The maximum absolute atomic E-state index is 5.36. The first-order valence-electron chi connectivity index (χ1n) is 20.0. The fourth-order valence-electron chi connectivity index (χ4n) is 9.16. The van der Waals surface area contributed by atoms with Crippen molar-refractivity contribution >= 4 is 61.8 Å². The Kier molecular flexibility index (Phi) is 7.63. The molecule has 0 unspecified atom stereocenters. The third kappa shape index (κ3) is 5.23. The molecule has 4 heterocycles. The molecule has 6 nitrogen and oxygen atoms in total. The molecule has 7 aromatic carbocycles. The van der Waals surface area contributed by atoms with Crippen molar-refractivity contribution in [3.05, 3.63) is 181 Å². The van der Waals surface area contributed by atoms with Gasteiger partial charge in [0.05, 0.1) is 27.9 Å². The molecular weight excluding hydrogens is 729 g/mol. The van der Waals surface area contributed by atoms with Crippen molar-refractivity contribution in [3.63, 3.8) is 0 Å². The highest BCUT2D eigenvalue weighted by atomic mass is 32.2. The van der Waals surface area contributed by atoms with Crippen LogP contribution in [0.4, 0.5) is 17.3 Å². The highest BCUT2D eigenvalue weighted by molar-refractivity contribution is 7.99. The van der Waals surface area contributed by atoms with Crippen LogP contribution in [0, 0.1) is 0 Å². The van der Waals surface area contributed by atoms with Crippen LogP contribution in [0.3, 0.4) is 0 Å². The summed E-state index contributed by atoms with van der Waals surface area (Å²) in [6.45, 7) is 0. The van der Waals surface area contributed by atoms with Gasteiger partial charge in [-0.25, -0.2) is 0 Å². The fourth-order valence-corrected chi connectivity index (χ4v) is 10.3. The molecule has 0 fully saturated rings. The molecule has 276 valence electrons. The monoisotopic (exact) mass is 764 g/mol. The smallest absolute Gasteiger partial charge is 0.240 e. The topological polar surface area (TPSA) is 51.8 Å². The van der Waals surface area contributed by atoms with Gasteiger partial charge in [-0.15, -0.1) is 0 Å². The van der Waals surface area contributed by atoms with Crippen LogP contribution in [-0.2, 0) is 12.8 Å². The molecule has 0 spiro atoms. The van der Waals surface area contributed by atoms with Crippen molar-refractivity contribution in [3.8, 4) is 34.2 Å². The van der Waals surface area contributed by atoms with Crippen LogP contribution >= 0.6 is 11.8 Å². The maximum atomic E-state index is 5.36. The SMILES string of the molecule is c1ccc(-c2nc(N3c4ccccc4Sc4cc(-c5ccc6c7c(n(-c8ccccc8)c6c5)CCCC7)ccc43)nc(-n3c4ccccc4c4ccccc43)n2)cc1. The van der Waals surface area contributed by atoms with Crippen LogP contribution < -0.4 is 4.90 Å². The van der Waals surface area contributed by atoms with E-state index < -0.39 is 0 Å². The number of aryl methyl sites for hydroxylation is 1. The van der Waals surface area contributed by atoms with E-state index in [0.29, 0.717) is 17.7 Å². The molecule has 0 N–H and O–H groups in total. The van der Waals surface area contributed by atoms with Crippen LogP contribution in [0.1, 0.15) is 24.1 Å². The summed E-state index contributed by atoms with van der Waals surface area (Å²) < 4.78 is 4.69. The predicted molar refractivity (Wildman–Crippen MR) is 237 cm³/mol. The first kappa shape index (κ1) is 33.2. The van der Waals surface area contributed by atoms with Gasteiger partial charge in [-0.05, 0) is 97.0 Å². The minimum atomic E-state index is 0.570. The normalized spacial score (nSPS) is 13.5. The lowest BCUT2D eigenvalue weighted by molar-refractivity contribution is 0.667. The Morgan fingerprint density at radius 2 is 1.07 bits per heavy atom. The highest BCUT2D eigenvalue weighted by Gasteiger charge is 2.29. The number of aromatic nitrogens is 5. The van der Waals surface area contributed by atoms with Gasteiger partial charge in [-0.1, -0.05) is 127 Å². The molecule has 0 atom stereocenters. The van der Waals surface area contributed by atoms with Crippen molar-refractivity contribution in [1.29, 1.82) is 0 Å². The molecule has 2 aliphatic rings. The van der Waals surface area contributed by atoms with Gasteiger partial charge >= 0.3 is 0 Å². The number of nitrogens with zero attached hydrogens (tertiary/aromatic N) is 6. The summed E-state index contributed by atoms with van der Waals surface area (Å²) in [6, 6.07) is 60.5. The largest absolute Gasteiger partial charge is 0.313 e. The number of anilines is 3. The number of rotatable bonds is 5. The van der Waals surface area contributed by atoms with Crippen LogP contribution in [0.25, 0.3) is 66.9 Å². The second-order valence-corrected chi connectivity index (χ2v) is 16.2. The molecule has 0 amide bonds. The fraction of sp³-hybridized carbons (Fsp3) is 0.0784. The summed E-state index contributed by atoms with van der Waals surface area (Å²) in [5.74, 6) is 1.77. The molecule has 1 aliphatic carbocycles. The lowest BCUT2D eigenvalue weighted by Crippen LogP contribution is -2.19. The maximum Gasteiger partial charge on any atom is 0.240 e. The molecule has 0 saturated heterocycles. The quantitative estimate of drug-likeness (QED) is 0.175. The van der Waals surface area contributed by atoms with Gasteiger partial charge in [0, 0.05) is 42.9 Å². The summed E-state index contributed by atoms with van der Waals surface area (Å²) >= 11 is 1.80. The molecule has 0 radical (unpaired) electrons. The van der Waals surface area contributed by atoms with Crippen LogP contribution in [0.2, 0.25) is 0 Å². The molecule has 7 heteroatoms. The van der Waals surface area contributed by atoms with Crippen LogP contribution in [0.5, 0.6) is 0 Å². The second kappa shape index (κ2) is 13.3. The Balaban J connectivity index is 1.04. The van der Waals surface area contributed by atoms with E-state index in [2.05, 4.69) is 166 Å². The zero-order valence-electron chi connectivity index (χ0n) is 31.6. The zero-order chi connectivity index (χ0) is 38.2. The second-order valence-electron chi connectivity index (χ2n) is 15.1. The summed E-state index contributed by atoms with van der Waals surface area (Å²) in [6.07, 6.45) is 4.73. The number of hydrogen-bond donors (Lipinski definition) is 0. The average molecular weight is 765 g/mol. The first-order valence-corrected chi connectivity index (χ1v) is 20.8. The molecule has 0 saturated carbocycles. The van der Waals surface area contributed by atoms with E-state index in [1.54, 1.807) is 11.8 Å². The van der Waals surface area contributed by atoms with Gasteiger partial charge in [-0.2, -0.15) is 15.0 Å². The van der Waals surface area contributed by atoms with Gasteiger partial charge in [0.1, 0.15) is 0 Å². The van der Waals surface area contributed by atoms with E-state index in [9.17, 15) is 0 Å². The van der Waals surface area contributed by atoms with Crippen molar-refractivity contribution < 1.29 is 0 Å². The van der Waals surface area contributed by atoms with E-state index in [-0.39, 0.29) is 0 Å². The summed E-state index contributed by atoms with van der Waals surface area (Å²) in [7, 11) is 0. The van der Waals surface area contributed by atoms with E-state index >= 15 is 0 Å². The highest BCUT2D eigenvalue weighted by Crippen LogP contribution is 2.52. The van der Waals surface area contributed by atoms with Crippen molar-refractivity contribution in [1.82, 2.24) is 24.1 Å². The van der Waals surface area contributed by atoms with E-state index in [1.165, 1.54) is 51.8 Å². The van der Waals surface area contributed by atoms with E-state index in [1.807, 2.05) is 18.2 Å². The third-order valence-electron chi connectivity index (χ3n) is 11.8. The Hall–Kier alpha value is -6.96. The average Bonchev–Trinajstić information content (AvgIpc) is 3.81. The molecule has 10 aromatic rings. The molecule has 0 bridgehead atoms. The Bertz CT molecular complexity index is 3170. The lowest BCUT2D eigenvalue weighted by Gasteiger charge is -2.31. The Labute approximate surface area is 340 Å². The molecule has 3 aromatic heterocycles. The zero-order valence-corrected chi connectivity index (χ0v) is 32.4. The molecule has 1 aliphatic heterocycles. The van der Waals surface area contributed by atoms with Crippen molar-refractivity contribution in [2.75, 3.05) is 4.90 Å². The van der Waals surface area contributed by atoms with Gasteiger partial charge in [0.25, 0.3) is 0 Å². The number of benzene rings is 7. The van der Waals surface area contributed by atoms with Crippen LogP contribution in [0.15, 0.2) is 180 Å². The molecule has 12 rings (SSSR count). The molecule has 58 heavy (non-hydrogen) atoms. The number of fused-ring (bicyclic) bond motifs is 8. The van der Waals surface area contributed by atoms with Crippen molar-refractivity contribution in [2.24, 2.45) is 0 Å². The van der Waals surface area contributed by atoms with Gasteiger partial charge in [-0.3, -0.25) is 9.47 Å². The summed E-state index contributed by atoms with van der Waals surface area (Å²) in [5.41, 5.74) is 13.0. The minimum absolute atomic E-state index is 0.570. The third-order valence-corrected chi connectivity index (χ3v) is 12.9.